The zero-order valence-corrected chi connectivity index (χ0v) is 26.3. The van der Waals surface area contributed by atoms with Crippen molar-refractivity contribution in [1.82, 2.24) is 0 Å². The molecule has 0 bridgehead atoms. The summed E-state index contributed by atoms with van der Waals surface area (Å²) in [5.41, 5.74) is 0.904. The molecular formula is C34H52O7. The minimum atomic E-state index is -1.10. The van der Waals surface area contributed by atoms with E-state index >= 15 is 0 Å². The molecule has 41 heavy (non-hydrogen) atoms. The van der Waals surface area contributed by atoms with Crippen LogP contribution >= 0.6 is 0 Å². The highest BCUT2D eigenvalue weighted by atomic mass is 16.6. The fourth-order valence-electron chi connectivity index (χ4n) is 11.2. The highest BCUT2D eigenvalue weighted by Gasteiger charge is 2.69. The van der Waals surface area contributed by atoms with Gasteiger partial charge in [0.2, 0.25) is 0 Å². The van der Waals surface area contributed by atoms with E-state index in [1.807, 2.05) is 0 Å². The number of aliphatic carboxylic acids is 2. The molecular weight excluding hydrogens is 520 g/mol. The molecule has 0 radical (unpaired) electrons. The van der Waals surface area contributed by atoms with Crippen LogP contribution in [0.1, 0.15) is 113 Å². The number of esters is 1. The Morgan fingerprint density at radius 3 is 2.20 bits per heavy atom. The summed E-state index contributed by atoms with van der Waals surface area (Å²) in [5, 5.41) is 19.4. The molecule has 5 aliphatic rings. The number of fused-ring (bicyclic) bond motifs is 7. The highest BCUT2D eigenvalue weighted by Crippen LogP contribution is 2.75. The van der Waals surface area contributed by atoms with E-state index in [0.717, 1.165) is 64.2 Å². The first-order valence-electron chi connectivity index (χ1n) is 15.9. The molecule has 230 valence electrons. The van der Waals surface area contributed by atoms with Crippen LogP contribution in [0.3, 0.4) is 0 Å². The summed E-state index contributed by atoms with van der Waals surface area (Å²) >= 11 is 0. The van der Waals surface area contributed by atoms with Crippen molar-refractivity contribution in [2.45, 2.75) is 119 Å². The van der Waals surface area contributed by atoms with Gasteiger partial charge in [0.05, 0.1) is 5.41 Å². The van der Waals surface area contributed by atoms with E-state index < -0.39 is 29.9 Å². The highest BCUT2D eigenvalue weighted by molar-refractivity contribution is 5.76. The first-order valence-corrected chi connectivity index (χ1v) is 15.9. The first kappa shape index (κ1) is 30.6. The SMILES string of the molecule is CC1(C)CC[C@]2(C(=O)O)CC[C@]3(C)C(=CCC4[C@@]5(C)CC[C@H](OC(=O)COCC(=O)O)C(C)(C)C5CC[C@]43C)C2C1. The van der Waals surface area contributed by atoms with E-state index in [0.29, 0.717) is 11.8 Å². The lowest BCUT2D eigenvalue weighted by molar-refractivity contribution is -0.215. The van der Waals surface area contributed by atoms with Gasteiger partial charge in [-0.25, -0.2) is 9.59 Å². The van der Waals surface area contributed by atoms with Crippen molar-refractivity contribution in [2.75, 3.05) is 13.2 Å². The number of carboxylic acid groups (broad SMARTS) is 2. The second-order valence-corrected chi connectivity index (χ2v) is 16.4. The maximum Gasteiger partial charge on any atom is 0.332 e. The lowest BCUT2D eigenvalue weighted by Crippen LogP contribution is -2.65. The summed E-state index contributed by atoms with van der Waals surface area (Å²) in [7, 11) is 0. The van der Waals surface area contributed by atoms with Gasteiger partial charge in [0.25, 0.3) is 0 Å². The summed E-state index contributed by atoms with van der Waals surface area (Å²) in [6.07, 6.45) is 11.6. The van der Waals surface area contributed by atoms with Crippen molar-refractivity contribution in [3.05, 3.63) is 11.6 Å². The zero-order valence-electron chi connectivity index (χ0n) is 26.3. The largest absolute Gasteiger partial charge is 0.481 e. The van der Waals surface area contributed by atoms with Crippen LogP contribution in [-0.4, -0.2) is 47.4 Å². The lowest BCUT2D eigenvalue weighted by atomic mass is 9.33. The number of carbonyl (C=O) groups excluding carboxylic acids is 1. The van der Waals surface area contributed by atoms with Gasteiger partial charge in [0, 0.05) is 5.41 Å². The molecule has 0 amide bonds. The van der Waals surface area contributed by atoms with Crippen LogP contribution in [-0.2, 0) is 23.9 Å². The average Bonchev–Trinajstić information content (AvgIpc) is 2.85. The van der Waals surface area contributed by atoms with Gasteiger partial charge in [-0.05, 0) is 104 Å². The van der Waals surface area contributed by atoms with E-state index in [1.54, 1.807) is 0 Å². The van der Waals surface area contributed by atoms with Crippen LogP contribution in [0.5, 0.6) is 0 Å². The van der Waals surface area contributed by atoms with Crippen molar-refractivity contribution in [3.63, 3.8) is 0 Å². The molecule has 4 fully saturated rings. The Balaban J connectivity index is 1.43. The van der Waals surface area contributed by atoms with E-state index in [2.05, 4.69) is 54.5 Å². The number of hydrogen-bond donors (Lipinski definition) is 2. The molecule has 0 aromatic carbocycles. The number of carbonyl (C=O) groups is 3. The number of carboxylic acids is 2. The van der Waals surface area contributed by atoms with Crippen LogP contribution in [0.15, 0.2) is 11.6 Å². The fraction of sp³-hybridized carbons (Fsp3) is 0.853. The maximum atomic E-state index is 12.9. The third kappa shape index (κ3) is 4.50. The molecule has 0 aromatic heterocycles. The summed E-state index contributed by atoms with van der Waals surface area (Å²) in [4.78, 5) is 36.2. The number of ether oxygens (including phenoxy) is 2. The second kappa shape index (κ2) is 9.82. The first-order chi connectivity index (χ1) is 18.9. The van der Waals surface area contributed by atoms with E-state index in [1.165, 1.54) is 5.57 Å². The van der Waals surface area contributed by atoms with Crippen LogP contribution in [0.2, 0.25) is 0 Å². The van der Waals surface area contributed by atoms with Gasteiger partial charge in [0.1, 0.15) is 19.3 Å². The molecule has 7 nitrogen and oxygen atoms in total. The van der Waals surface area contributed by atoms with Gasteiger partial charge in [-0.15, -0.1) is 0 Å². The Morgan fingerprint density at radius 2 is 1.54 bits per heavy atom. The van der Waals surface area contributed by atoms with Crippen molar-refractivity contribution < 1.29 is 34.1 Å². The molecule has 0 heterocycles. The molecule has 2 N–H and O–H groups in total. The fourth-order valence-corrected chi connectivity index (χ4v) is 11.2. The van der Waals surface area contributed by atoms with Crippen molar-refractivity contribution >= 4 is 17.9 Å². The third-order valence-electron chi connectivity index (χ3n) is 13.7. The monoisotopic (exact) mass is 572 g/mol. The molecule has 5 aliphatic carbocycles. The molecule has 5 rings (SSSR count). The summed E-state index contributed by atoms with van der Waals surface area (Å²) in [6.45, 7) is 15.7. The van der Waals surface area contributed by atoms with Crippen LogP contribution in [0, 0.1) is 50.2 Å². The Labute approximate surface area is 245 Å². The Hall–Kier alpha value is -1.89. The topological polar surface area (TPSA) is 110 Å². The van der Waals surface area contributed by atoms with Crippen molar-refractivity contribution in [1.29, 1.82) is 0 Å². The lowest BCUT2D eigenvalue weighted by Gasteiger charge is -2.71. The molecule has 0 aliphatic heterocycles. The maximum absolute atomic E-state index is 12.9. The Bertz CT molecular complexity index is 1140. The molecule has 3 unspecified atom stereocenters. The molecule has 0 aromatic rings. The van der Waals surface area contributed by atoms with Crippen LogP contribution < -0.4 is 0 Å². The Morgan fingerprint density at radius 1 is 0.854 bits per heavy atom. The van der Waals surface area contributed by atoms with E-state index in [4.69, 9.17) is 14.6 Å². The second-order valence-electron chi connectivity index (χ2n) is 16.4. The molecule has 8 atom stereocenters. The standard InChI is InChI=1S/C34H52O7/c1-29(2)14-16-34(28(38)39)17-15-32(6)21(22(34)18-29)8-9-24-31(5)12-11-25(41-27(37)20-40-19-26(35)36)30(3,4)23(31)10-13-33(24,32)7/h8,22-25H,9-20H2,1-7H3,(H,35,36)(H,38,39)/t22?,23?,24?,25-,31-,32+,33+,34-/m0/s1. The third-order valence-corrected chi connectivity index (χ3v) is 13.7. The van der Waals surface area contributed by atoms with E-state index in [9.17, 15) is 19.5 Å². The number of allylic oxidation sites excluding steroid dienone is 2. The predicted molar refractivity (Wildman–Crippen MR) is 155 cm³/mol. The molecule has 0 spiro atoms. The van der Waals surface area contributed by atoms with Crippen molar-refractivity contribution in [2.24, 2.45) is 50.2 Å². The van der Waals surface area contributed by atoms with Gasteiger partial charge in [-0.3, -0.25) is 4.79 Å². The molecule has 4 saturated carbocycles. The Kier molecular flexibility index (Phi) is 7.32. The number of hydrogen-bond acceptors (Lipinski definition) is 5. The normalized spacial score (nSPS) is 44.2. The van der Waals surface area contributed by atoms with Gasteiger partial charge < -0.3 is 19.7 Å². The summed E-state index contributed by atoms with van der Waals surface area (Å²) in [6, 6.07) is 0. The molecule has 0 saturated heterocycles. The smallest absolute Gasteiger partial charge is 0.332 e. The number of rotatable bonds is 6. The quantitative estimate of drug-likeness (QED) is 0.263. The van der Waals surface area contributed by atoms with Gasteiger partial charge in [-0.2, -0.15) is 0 Å². The van der Waals surface area contributed by atoms with Crippen molar-refractivity contribution in [3.8, 4) is 0 Å². The summed E-state index contributed by atoms with van der Waals surface area (Å²) in [5.74, 6) is -1.22. The zero-order chi connectivity index (χ0) is 30.2. The van der Waals surface area contributed by atoms with E-state index in [-0.39, 0.29) is 45.7 Å². The van der Waals surface area contributed by atoms with Gasteiger partial charge >= 0.3 is 17.9 Å². The minimum absolute atomic E-state index is 0.0180. The molecule has 7 heteroatoms. The van der Waals surface area contributed by atoms with Crippen LogP contribution in [0.4, 0.5) is 0 Å². The predicted octanol–water partition coefficient (Wildman–Crippen LogP) is 6.89. The van der Waals surface area contributed by atoms with Crippen LogP contribution in [0.25, 0.3) is 0 Å². The average molecular weight is 573 g/mol. The van der Waals surface area contributed by atoms with Gasteiger partial charge in [-0.1, -0.05) is 60.1 Å². The minimum Gasteiger partial charge on any atom is -0.481 e. The van der Waals surface area contributed by atoms with Gasteiger partial charge in [0.15, 0.2) is 0 Å². The summed E-state index contributed by atoms with van der Waals surface area (Å²) < 4.78 is 10.9.